The number of hydrogen-bond donors (Lipinski definition) is 0. The van der Waals surface area contributed by atoms with Gasteiger partial charge in [0.25, 0.3) is 0 Å². The molecule has 6 heteroatoms. The Bertz CT molecular complexity index is 865. The van der Waals surface area contributed by atoms with E-state index in [-0.39, 0.29) is 11.6 Å². The van der Waals surface area contributed by atoms with E-state index in [1.165, 1.54) is 0 Å². The number of aliphatic imine (C=N–C) groups is 1. The Morgan fingerprint density at radius 3 is 2.74 bits per heavy atom. The fourth-order valence-electron chi connectivity index (χ4n) is 1.95. The monoisotopic (exact) mass is 363 g/mol. The van der Waals surface area contributed by atoms with Crippen LogP contribution >= 0.6 is 34.5 Å². The van der Waals surface area contributed by atoms with Crippen LogP contribution < -0.4 is 0 Å². The van der Waals surface area contributed by atoms with Crippen molar-refractivity contribution in [3.05, 3.63) is 67.5 Å². The van der Waals surface area contributed by atoms with Gasteiger partial charge in [0.05, 0.1) is 0 Å². The van der Waals surface area contributed by atoms with Gasteiger partial charge in [-0.3, -0.25) is 0 Å². The second-order valence-electron chi connectivity index (χ2n) is 4.84. The first-order valence-corrected chi connectivity index (χ1v) is 8.36. The lowest BCUT2D eigenvalue weighted by Gasteiger charge is -1.98. The van der Waals surface area contributed by atoms with Gasteiger partial charge in [-0.2, -0.15) is 0 Å². The van der Waals surface area contributed by atoms with Crippen molar-refractivity contribution in [2.45, 2.75) is 6.92 Å². The number of rotatable bonds is 3. The van der Waals surface area contributed by atoms with Crippen molar-refractivity contribution >= 4 is 58.6 Å². The zero-order chi connectivity index (χ0) is 16.4. The zero-order valence-corrected chi connectivity index (χ0v) is 14.4. The third-order valence-electron chi connectivity index (χ3n) is 3.17. The van der Waals surface area contributed by atoms with E-state index in [0.29, 0.717) is 10.0 Å². The molecular weight excluding hydrogens is 353 g/mol. The normalized spacial score (nSPS) is 16.2. The average molecular weight is 364 g/mol. The van der Waals surface area contributed by atoms with Crippen molar-refractivity contribution in [2.24, 2.45) is 4.99 Å². The molecule has 0 bridgehead atoms. The average Bonchev–Trinajstić information content (AvgIpc) is 3.05. The number of cyclic esters (lactones) is 1. The second-order valence-corrected chi connectivity index (χ2v) is 6.63. The number of benzene rings is 1. The summed E-state index contributed by atoms with van der Waals surface area (Å²) in [5.41, 5.74) is 2.15. The molecule has 2 aromatic rings. The number of nitrogens with zero attached hydrogens (tertiary/aromatic N) is 1. The summed E-state index contributed by atoms with van der Waals surface area (Å²) in [4.78, 5) is 17.1. The molecule has 0 amide bonds. The van der Waals surface area contributed by atoms with Crippen LogP contribution in [0.4, 0.5) is 0 Å². The number of halogens is 2. The summed E-state index contributed by atoms with van der Waals surface area (Å²) in [6.07, 6.45) is 5.07. The summed E-state index contributed by atoms with van der Waals surface area (Å²) >= 11 is 13.5. The van der Waals surface area contributed by atoms with Gasteiger partial charge in [0.15, 0.2) is 5.70 Å². The molecule has 23 heavy (non-hydrogen) atoms. The number of esters is 1. The summed E-state index contributed by atoms with van der Waals surface area (Å²) in [7, 11) is 0. The maximum absolute atomic E-state index is 11.9. The Balaban J connectivity index is 1.83. The van der Waals surface area contributed by atoms with Gasteiger partial charge < -0.3 is 4.74 Å². The number of carbonyl (C=O) groups excluding carboxylic acids is 1. The van der Waals surface area contributed by atoms with Gasteiger partial charge in [0.2, 0.25) is 5.90 Å². The maximum Gasteiger partial charge on any atom is 0.363 e. The van der Waals surface area contributed by atoms with E-state index in [9.17, 15) is 4.79 Å². The van der Waals surface area contributed by atoms with E-state index in [0.717, 1.165) is 16.0 Å². The van der Waals surface area contributed by atoms with E-state index in [2.05, 4.69) is 4.99 Å². The molecule has 1 aromatic carbocycles. The summed E-state index contributed by atoms with van der Waals surface area (Å²) in [6.45, 7) is 1.98. The highest BCUT2D eigenvalue weighted by Crippen LogP contribution is 2.24. The van der Waals surface area contributed by atoms with Crippen LogP contribution in [0.25, 0.3) is 12.2 Å². The molecule has 1 aromatic heterocycles. The molecule has 0 unspecified atom stereocenters. The van der Waals surface area contributed by atoms with Crippen molar-refractivity contribution in [3.8, 4) is 0 Å². The maximum atomic E-state index is 11.9. The van der Waals surface area contributed by atoms with Crippen LogP contribution in [-0.4, -0.2) is 11.9 Å². The second kappa shape index (κ2) is 6.71. The first-order valence-electron chi connectivity index (χ1n) is 6.73. The highest BCUT2D eigenvalue weighted by molar-refractivity contribution is 7.11. The minimum atomic E-state index is -0.459. The predicted octanol–water partition coefficient (Wildman–Crippen LogP) is 5.37. The lowest BCUT2D eigenvalue weighted by molar-refractivity contribution is -0.129. The van der Waals surface area contributed by atoms with Crippen LogP contribution in [0.15, 0.2) is 46.4 Å². The SMILES string of the molecule is Cc1ccsc1/C=C1N=C(/C=C/c2ccc(Cl)cc2Cl)OC\1=O. The Kier molecular flexibility index (Phi) is 4.66. The van der Waals surface area contributed by atoms with Crippen LogP contribution in [0.3, 0.4) is 0 Å². The van der Waals surface area contributed by atoms with E-state index in [1.807, 2.05) is 18.4 Å². The summed E-state index contributed by atoms with van der Waals surface area (Å²) < 4.78 is 5.14. The zero-order valence-electron chi connectivity index (χ0n) is 12.0. The minimum Gasteiger partial charge on any atom is -0.403 e. The smallest absolute Gasteiger partial charge is 0.363 e. The fraction of sp³-hybridized carbons (Fsp3) is 0.0588. The van der Waals surface area contributed by atoms with E-state index >= 15 is 0 Å². The molecule has 3 nitrogen and oxygen atoms in total. The molecule has 0 radical (unpaired) electrons. The van der Waals surface area contributed by atoms with Crippen molar-refractivity contribution in [1.82, 2.24) is 0 Å². The van der Waals surface area contributed by atoms with Crippen molar-refractivity contribution in [2.75, 3.05) is 0 Å². The van der Waals surface area contributed by atoms with Gasteiger partial charge in [0.1, 0.15) is 0 Å². The van der Waals surface area contributed by atoms with Crippen LogP contribution in [0.5, 0.6) is 0 Å². The molecule has 0 atom stereocenters. The lowest BCUT2D eigenvalue weighted by Crippen LogP contribution is -2.01. The van der Waals surface area contributed by atoms with Gasteiger partial charge in [-0.05, 0) is 53.8 Å². The first-order chi connectivity index (χ1) is 11.0. The topological polar surface area (TPSA) is 38.7 Å². The number of carbonyl (C=O) groups is 1. The Hall–Kier alpha value is -1.88. The van der Waals surface area contributed by atoms with Gasteiger partial charge in [-0.15, -0.1) is 11.3 Å². The molecule has 0 aliphatic carbocycles. The molecule has 0 saturated carbocycles. The summed E-state index contributed by atoms with van der Waals surface area (Å²) in [6, 6.07) is 7.16. The quantitative estimate of drug-likeness (QED) is 0.542. The number of ether oxygens (including phenoxy) is 1. The van der Waals surface area contributed by atoms with Gasteiger partial charge >= 0.3 is 5.97 Å². The van der Waals surface area contributed by atoms with Crippen molar-refractivity contribution in [1.29, 1.82) is 0 Å². The number of hydrogen-bond acceptors (Lipinski definition) is 4. The van der Waals surface area contributed by atoms with Crippen LogP contribution in [0.2, 0.25) is 10.0 Å². The van der Waals surface area contributed by atoms with Gasteiger partial charge in [0, 0.05) is 21.0 Å². The largest absolute Gasteiger partial charge is 0.403 e. The van der Waals surface area contributed by atoms with Gasteiger partial charge in [-0.25, -0.2) is 9.79 Å². The van der Waals surface area contributed by atoms with Crippen LogP contribution in [0.1, 0.15) is 16.0 Å². The van der Waals surface area contributed by atoms with E-state index in [1.54, 1.807) is 47.8 Å². The molecular formula is C17H11Cl2NO2S. The standard InChI is InChI=1S/C17H11Cl2NO2S/c1-10-6-7-23-15(10)9-14-17(21)22-16(20-14)5-3-11-2-4-12(18)8-13(11)19/h2-9H,1H3/b5-3+,14-9-. The fourth-order valence-corrected chi connectivity index (χ4v) is 3.28. The summed E-state index contributed by atoms with van der Waals surface area (Å²) in [5.74, 6) is -0.221. The van der Waals surface area contributed by atoms with E-state index < -0.39 is 5.97 Å². The Labute approximate surface area is 147 Å². The molecule has 3 rings (SSSR count). The molecule has 2 heterocycles. The molecule has 1 aliphatic rings. The molecule has 0 fully saturated rings. The molecule has 1 aliphatic heterocycles. The lowest BCUT2D eigenvalue weighted by atomic mass is 10.2. The Morgan fingerprint density at radius 2 is 2.04 bits per heavy atom. The molecule has 116 valence electrons. The third kappa shape index (κ3) is 3.72. The van der Waals surface area contributed by atoms with Crippen LogP contribution in [0, 0.1) is 6.92 Å². The first kappa shape index (κ1) is 16.0. The Morgan fingerprint density at radius 1 is 1.22 bits per heavy atom. The summed E-state index contributed by atoms with van der Waals surface area (Å²) in [5, 5.41) is 3.05. The van der Waals surface area contributed by atoms with Gasteiger partial charge in [-0.1, -0.05) is 29.3 Å². The molecule has 0 N–H and O–H groups in total. The predicted molar refractivity (Wildman–Crippen MR) is 96.1 cm³/mol. The minimum absolute atomic E-state index is 0.237. The van der Waals surface area contributed by atoms with Crippen molar-refractivity contribution < 1.29 is 9.53 Å². The third-order valence-corrected chi connectivity index (χ3v) is 4.70. The number of thiophene rings is 1. The van der Waals surface area contributed by atoms with Crippen LogP contribution in [-0.2, 0) is 9.53 Å². The molecule has 0 spiro atoms. The highest BCUT2D eigenvalue weighted by atomic mass is 35.5. The van der Waals surface area contributed by atoms with Crippen molar-refractivity contribution in [3.63, 3.8) is 0 Å². The van der Waals surface area contributed by atoms with E-state index in [4.69, 9.17) is 27.9 Å². The highest BCUT2D eigenvalue weighted by Gasteiger charge is 2.21. The molecule has 0 saturated heterocycles. The number of aryl methyl sites for hydroxylation is 1.